The minimum absolute atomic E-state index is 0.0677. The lowest BCUT2D eigenvalue weighted by molar-refractivity contribution is -0.110. The van der Waals surface area contributed by atoms with Crippen molar-refractivity contribution in [3.8, 4) is 0 Å². The van der Waals surface area contributed by atoms with E-state index in [0.29, 0.717) is 5.92 Å². The smallest absolute Gasteiger partial charge is 0.295 e. The quantitative estimate of drug-likeness (QED) is 0.745. The molecule has 2 nitrogen and oxygen atoms in total. The first-order chi connectivity index (χ1) is 7.36. The Bertz CT molecular complexity index is 278. The van der Waals surface area contributed by atoms with Crippen molar-refractivity contribution in [3.05, 3.63) is 0 Å². The normalized spacial score (nSPS) is 16.8. The summed E-state index contributed by atoms with van der Waals surface area (Å²) in [7, 11) is 1.59. The van der Waals surface area contributed by atoms with Crippen molar-refractivity contribution in [1.82, 2.24) is 5.23 Å². The first-order valence-corrected chi connectivity index (χ1v) is 6.47. The molecule has 17 heavy (non-hydrogen) atoms. The van der Waals surface area contributed by atoms with Gasteiger partial charge in [-0.05, 0) is 37.5 Å². The van der Waals surface area contributed by atoms with Crippen molar-refractivity contribution in [1.29, 1.82) is 0 Å². The van der Waals surface area contributed by atoms with Crippen LogP contribution in [-0.4, -0.2) is 18.6 Å². The van der Waals surface area contributed by atoms with Crippen LogP contribution in [0.4, 0.5) is 0 Å². The fourth-order valence-corrected chi connectivity index (χ4v) is 2.96. The van der Waals surface area contributed by atoms with Gasteiger partial charge in [0.05, 0.1) is 0 Å². The maximum absolute atomic E-state index is 11.1. The van der Waals surface area contributed by atoms with Gasteiger partial charge in [0.15, 0.2) is 0 Å². The second-order valence-electron chi connectivity index (χ2n) is 7.13. The Morgan fingerprint density at radius 3 is 1.71 bits per heavy atom. The number of hydrogen-bond acceptors (Lipinski definition) is 2. The molecule has 0 saturated heterocycles. The Morgan fingerprint density at radius 2 is 1.47 bits per heavy atom. The highest BCUT2D eigenvalue weighted by Gasteiger charge is 2.50. The Balaban J connectivity index is 5.25. The number of nitrogens with one attached hydrogen (secondary N) is 1. The molecule has 0 aliphatic rings. The zero-order chi connectivity index (χ0) is 14.1. The van der Waals surface area contributed by atoms with Crippen molar-refractivity contribution in [2.45, 2.75) is 67.9 Å². The molecule has 0 aromatic carbocycles. The lowest BCUT2D eigenvalue weighted by Crippen LogP contribution is -2.62. The molecule has 1 N–H and O–H groups in total. The van der Waals surface area contributed by atoms with Crippen LogP contribution in [0.5, 0.6) is 0 Å². The van der Waals surface area contributed by atoms with Gasteiger partial charge >= 0.3 is 0 Å². The maximum atomic E-state index is 11.1. The van der Waals surface area contributed by atoms with Gasteiger partial charge in [-0.25, -0.2) is 0 Å². The zero-order valence-corrected chi connectivity index (χ0v) is 13.1. The van der Waals surface area contributed by atoms with Crippen molar-refractivity contribution in [3.63, 3.8) is 0 Å². The van der Waals surface area contributed by atoms with Crippen LogP contribution in [0.15, 0.2) is 0 Å². The average Bonchev–Trinajstić information content (AvgIpc) is 2.11. The van der Waals surface area contributed by atoms with Gasteiger partial charge in [0.2, 0.25) is 0 Å². The molecule has 0 heterocycles. The van der Waals surface area contributed by atoms with Gasteiger partial charge in [-0.2, -0.15) is 0 Å². The zero-order valence-electron chi connectivity index (χ0n) is 13.1. The molecule has 1 atom stereocenters. The molecular weight excluding hydrogens is 209 g/mol. The lowest BCUT2D eigenvalue weighted by Gasteiger charge is -2.56. The van der Waals surface area contributed by atoms with E-state index in [9.17, 15) is 4.79 Å². The van der Waals surface area contributed by atoms with Crippen LogP contribution in [-0.2, 0) is 4.79 Å². The van der Waals surface area contributed by atoms with Crippen molar-refractivity contribution in [2.24, 2.45) is 16.7 Å². The largest absolute Gasteiger partial charge is 0.348 e. The van der Waals surface area contributed by atoms with E-state index in [1.54, 1.807) is 14.3 Å². The summed E-state index contributed by atoms with van der Waals surface area (Å²) in [5.74, 6) is 0.519. The Labute approximate surface area is 108 Å². The van der Waals surface area contributed by atoms with E-state index in [0.717, 1.165) is 0 Å². The van der Waals surface area contributed by atoms with Crippen LogP contribution in [0, 0.1) is 16.7 Å². The molecule has 0 saturated carbocycles. The summed E-state index contributed by atoms with van der Waals surface area (Å²) in [6.07, 6.45) is 0. The van der Waals surface area contributed by atoms with Crippen molar-refractivity contribution < 1.29 is 4.79 Å². The molecule has 99 valence electrons. The Hall–Kier alpha value is -0.305. The number of carbonyl (C=O) groups excluding carboxylic acids is 1. The van der Waals surface area contributed by atoms with E-state index in [1.165, 1.54) is 0 Å². The molecule has 0 aromatic heterocycles. The summed E-state index contributed by atoms with van der Waals surface area (Å²) in [5, 5.41) is 3.31. The minimum Gasteiger partial charge on any atom is -0.348 e. The monoisotopic (exact) mass is 238 g/mol. The maximum Gasteiger partial charge on any atom is 0.295 e. The second-order valence-corrected chi connectivity index (χ2v) is 7.13. The van der Waals surface area contributed by atoms with Crippen molar-refractivity contribution >= 4 is 13.1 Å². The van der Waals surface area contributed by atoms with Gasteiger partial charge < -0.3 is 10.0 Å². The van der Waals surface area contributed by atoms with E-state index in [-0.39, 0.29) is 22.1 Å². The van der Waals surface area contributed by atoms with E-state index >= 15 is 0 Å². The molecule has 1 unspecified atom stereocenters. The first-order valence-electron chi connectivity index (χ1n) is 6.47. The summed E-state index contributed by atoms with van der Waals surface area (Å²) in [6, 6.07) is 0. The number of hydrogen-bond donors (Lipinski definition) is 1. The topological polar surface area (TPSA) is 29.1 Å². The van der Waals surface area contributed by atoms with Crippen LogP contribution in [0.2, 0.25) is 0 Å². The van der Waals surface area contributed by atoms with E-state index in [2.05, 4.69) is 60.6 Å². The van der Waals surface area contributed by atoms with E-state index in [4.69, 9.17) is 0 Å². The summed E-state index contributed by atoms with van der Waals surface area (Å²) < 4.78 is 0. The molecule has 0 amide bonds. The van der Waals surface area contributed by atoms with Crippen LogP contribution in [0.1, 0.15) is 62.3 Å². The highest BCUT2D eigenvalue weighted by atomic mass is 16.1. The predicted molar refractivity (Wildman–Crippen MR) is 76.0 cm³/mol. The van der Waals surface area contributed by atoms with Gasteiger partial charge in [0.25, 0.3) is 7.41 Å². The molecule has 0 fully saturated rings. The van der Waals surface area contributed by atoms with Gasteiger partial charge in [0.1, 0.15) is 5.68 Å². The lowest BCUT2D eigenvalue weighted by atomic mass is 9.52. The van der Waals surface area contributed by atoms with Crippen LogP contribution < -0.4 is 5.23 Å². The van der Waals surface area contributed by atoms with Crippen LogP contribution in [0.3, 0.4) is 0 Å². The molecule has 3 heteroatoms. The van der Waals surface area contributed by atoms with Gasteiger partial charge in [-0.15, -0.1) is 0 Å². The first kappa shape index (κ1) is 16.7. The Kier molecular flexibility index (Phi) is 5.04. The SMILES string of the molecule is CC(=O)[B]NC(C)(C)C(C)(C(C)C)C(C)(C)C. The molecule has 0 spiro atoms. The molecule has 0 aliphatic carbocycles. The molecule has 0 aromatic rings. The molecule has 1 radical (unpaired) electrons. The highest BCUT2D eigenvalue weighted by Crippen LogP contribution is 2.51. The fraction of sp³-hybridized carbons (Fsp3) is 0.929. The Morgan fingerprint density at radius 1 is 1.06 bits per heavy atom. The van der Waals surface area contributed by atoms with Crippen LogP contribution >= 0.6 is 0 Å². The number of carbonyl (C=O) groups is 1. The average molecular weight is 238 g/mol. The third-order valence-corrected chi connectivity index (χ3v) is 4.65. The summed E-state index contributed by atoms with van der Waals surface area (Å²) >= 11 is 0. The standard InChI is InChI=1S/C14H29BNO/c1-10(2)14(9,12(4,5)6)13(7,8)16-15-11(3)17/h10,16H,1-9H3. The molecular formula is C14H29BNO. The van der Waals surface area contributed by atoms with Gasteiger partial charge in [-0.1, -0.05) is 41.5 Å². The van der Waals surface area contributed by atoms with E-state index < -0.39 is 0 Å². The predicted octanol–water partition coefficient (Wildman–Crippen LogP) is 3.23. The minimum atomic E-state index is -0.134. The van der Waals surface area contributed by atoms with Crippen LogP contribution in [0.25, 0.3) is 0 Å². The fourth-order valence-electron chi connectivity index (χ4n) is 2.96. The summed E-state index contributed by atoms with van der Waals surface area (Å²) in [5.41, 5.74) is 0.164. The highest BCUT2D eigenvalue weighted by molar-refractivity contribution is 6.71. The molecule has 0 aliphatic heterocycles. The second kappa shape index (κ2) is 5.13. The summed E-state index contributed by atoms with van der Waals surface area (Å²) in [4.78, 5) is 11.1. The van der Waals surface area contributed by atoms with E-state index in [1.807, 2.05) is 0 Å². The molecule has 0 bridgehead atoms. The third kappa shape index (κ3) is 3.34. The van der Waals surface area contributed by atoms with Gasteiger partial charge in [-0.3, -0.25) is 0 Å². The van der Waals surface area contributed by atoms with Crippen molar-refractivity contribution in [2.75, 3.05) is 0 Å². The summed E-state index contributed by atoms with van der Waals surface area (Å²) in [6.45, 7) is 19.5. The number of rotatable bonds is 5. The van der Waals surface area contributed by atoms with Gasteiger partial charge in [0, 0.05) is 5.54 Å². The third-order valence-electron chi connectivity index (χ3n) is 4.65. The molecule has 0 rings (SSSR count).